The van der Waals surface area contributed by atoms with Gasteiger partial charge in [-0.2, -0.15) is 5.10 Å². The summed E-state index contributed by atoms with van der Waals surface area (Å²) in [5.41, 5.74) is 2.71. The molecule has 1 N–H and O–H groups in total. The minimum atomic E-state index is -0.183. The van der Waals surface area contributed by atoms with E-state index in [1.165, 1.54) is 4.68 Å². The molecular weight excluding hydrogens is 314 g/mol. The van der Waals surface area contributed by atoms with Crippen LogP contribution >= 0.6 is 11.5 Å². The van der Waals surface area contributed by atoms with Gasteiger partial charge in [-0.25, -0.2) is 4.68 Å². The Morgan fingerprint density at radius 1 is 1.43 bits per heavy atom. The van der Waals surface area contributed by atoms with Gasteiger partial charge >= 0.3 is 0 Å². The molecular formula is C15H19N5O2S. The molecule has 0 bridgehead atoms. The number of amides is 1. The third kappa shape index (κ3) is 3.47. The molecule has 122 valence electrons. The number of carbonyl (C=O) groups is 1. The van der Waals surface area contributed by atoms with Crippen LogP contribution in [0.1, 0.15) is 46.4 Å². The Labute approximate surface area is 137 Å². The predicted octanol–water partition coefficient (Wildman–Crippen LogP) is 0.966. The van der Waals surface area contributed by atoms with E-state index in [1.54, 1.807) is 6.07 Å². The number of nitrogens with one attached hydrogen (secondary N) is 1. The van der Waals surface area contributed by atoms with Crippen LogP contribution in [-0.2, 0) is 25.8 Å². The fraction of sp³-hybridized carbons (Fsp3) is 0.533. The van der Waals surface area contributed by atoms with Crippen molar-refractivity contribution < 1.29 is 4.79 Å². The number of fused-ring (bicyclic) bond motifs is 1. The van der Waals surface area contributed by atoms with E-state index in [1.807, 2.05) is 6.92 Å². The van der Waals surface area contributed by atoms with Crippen molar-refractivity contribution in [3.05, 3.63) is 38.2 Å². The van der Waals surface area contributed by atoms with Gasteiger partial charge in [0.2, 0.25) is 0 Å². The standard InChI is InChI=1S/C15H19N5O2S/c1-2-4-12-14(23-19-17-12)15(22)16-7-8-20-13(21)9-10-5-3-6-11(10)18-20/h9H,2-8H2,1H3,(H,16,22). The summed E-state index contributed by atoms with van der Waals surface area (Å²) >= 11 is 1.11. The highest BCUT2D eigenvalue weighted by atomic mass is 32.1. The molecule has 0 fully saturated rings. The normalized spacial score (nSPS) is 13.1. The lowest BCUT2D eigenvalue weighted by molar-refractivity contribution is 0.0954. The molecule has 0 atom stereocenters. The molecule has 0 aliphatic heterocycles. The van der Waals surface area contributed by atoms with E-state index >= 15 is 0 Å². The SMILES string of the molecule is CCCc1nnsc1C(=O)NCCn1nc2c(cc1=O)CCC2. The Morgan fingerprint density at radius 2 is 2.30 bits per heavy atom. The number of aromatic nitrogens is 4. The zero-order valence-corrected chi connectivity index (χ0v) is 13.9. The van der Waals surface area contributed by atoms with Gasteiger partial charge in [0.05, 0.1) is 17.9 Å². The first kappa shape index (κ1) is 15.8. The van der Waals surface area contributed by atoms with Gasteiger partial charge < -0.3 is 5.32 Å². The third-order valence-corrected chi connectivity index (χ3v) is 4.65. The molecule has 7 nitrogen and oxygen atoms in total. The van der Waals surface area contributed by atoms with Gasteiger partial charge in [-0.1, -0.05) is 17.8 Å². The topological polar surface area (TPSA) is 89.8 Å². The zero-order valence-electron chi connectivity index (χ0n) is 13.0. The summed E-state index contributed by atoms with van der Waals surface area (Å²) < 4.78 is 5.28. The lowest BCUT2D eigenvalue weighted by Crippen LogP contribution is -2.32. The molecule has 0 spiro atoms. The van der Waals surface area contributed by atoms with Crippen LogP contribution in [0.4, 0.5) is 0 Å². The molecule has 2 heterocycles. The fourth-order valence-electron chi connectivity index (χ4n) is 2.74. The zero-order chi connectivity index (χ0) is 16.2. The molecule has 1 aliphatic rings. The lowest BCUT2D eigenvalue weighted by atomic mass is 10.2. The molecule has 0 radical (unpaired) electrons. The number of hydrogen-bond donors (Lipinski definition) is 1. The first-order valence-corrected chi connectivity index (χ1v) is 8.65. The first-order valence-electron chi connectivity index (χ1n) is 7.88. The summed E-state index contributed by atoms with van der Waals surface area (Å²) in [6, 6.07) is 1.67. The summed E-state index contributed by atoms with van der Waals surface area (Å²) in [5.74, 6) is -0.183. The van der Waals surface area contributed by atoms with Crippen LogP contribution in [0.25, 0.3) is 0 Å². The van der Waals surface area contributed by atoms with Gasteiger partial charge in [-0.3, -0.25) is 9.59 Å². The highest BCUT2D eigenvalue weighted by Gasteiger charge is 2.16. The third-order valence-electron chi connectivity index (χ3n) is 3.88. The largest absolute Gasteiger partial charge is 0.349 e. The molecule has 3 rings (SSSR count). The van der Waals surface area contributed by atoms with E-state index in [2.05, 4.69) is 20.0 Å². The molecule has 0 saturated carbocycles. The van der Waals surface area contributed by atoms with Crippen molar-refractivity contribution in [2.45, 2.75) is 45.6 Å². The Kier molecular flexibility index (Phi) is 4.80. The molecule has 0 saturated heterocycles. The average molecular weight is 333 g/mol. The maximum absolute atomic E-state index is 12.2. The maximum Gasteiger partial charge on any atom is 0.267 e. The fourth-order valence-corrected chi connectivity index (χ4v) is 3.36. The highest BCUT2D eigenvalue weighted by molar-refractivity contribution is 7.08. The number of hydrogen-bond acceptors (Lipinski definition) is 6. The second-order valence-electron chi connectivity index (χ2n) is 5.59. The van der Waals surface area contributed by atoms with E-state index in [0.717, 1.165) is 60.6 Å². The highest BCUT2D eigenvalue weighted by Crippen LogP contribution is 2.16. The minimum Gasteiger partial charge on any atom is -0.349 e. The van der Waals surface area contributed by atoms with Crippen molar-refractivity contribution >= 4 is 17.4 Å². The maximum atomic E-state index is 12.2. The molecule has 2 aromatic heterocycles. The molecule has 8 heteroatoms. The molecule has 1 aliphatic carbocycles. The number of rotatable bonds is 6. The molecule has 2 aromatic rings. The second kappa shape index (κ2) is 6.99. The Bertz CT molecular complexity index is 767. The van der Waals surface area contributed by atoms with Crippen molar-refractivity contribution in [3.63, 3.8) is 0 Å². The molecule has 23 heavy (non-hydrogen) atoms. The van der Waals surface area contributed by atoms with Gasteiger partial charge in [0.15, 0.2) is 0 Å². The monoisotopic (exact) mass is 333 g/mol. The van der Waals surface area contributed by atoms with E-state index in [9.17, 15) is 9.59 Å². The van der Waals surface area contributed by atoms with Crippen molar-refractivity contribution in [2.24, 2.45) is 0 Å². The number of aryl methyl sites for hydroxylation is 3. The van der Waals surface area contributed by atoms with E-state index < -0.39 is 0 Å². The molecule has 1 amide bonds. The second-order valence-corrected chi connectivity index (χ2v) is 6.34. The van der Waals surface area contributed by atoms with Crippen molar-refractivity contribution in [1.82, 2.24) is 24.7 Å². The van der Waals surface area contributed by atoms with Gasteiger partial charge in [-0.05, 0) is 42.8 Å². The van der Waals surface area contributed by atoms with Crippen LogP contribution in [0, 0.1) is 0 Å². The van der Waals surface area contributed by atoms with Crippen molar-refractivity contribution in [3.8, 4) is 0 Å². The molecule has 0 aromatic carbocycles. The Hall–Kier alpha value is -2.09. The Balaban J connectivity index is 1.60. The van der Waals surface area contributed by atoms with Crippen LogP contribution in [0.2, 0.25) is 0 Å². The van der Waals surface area contributed by atoms with E-state index in [0.29, 0.717) is 18.0 Å². The van der Waals surface area contributed by atoms with Crippen molar-refractivity contribution in [1.29, 1.82) is 0 Å². The lowest BCUT2D eigenvalue weighted by Gasteiger charge is -2.08. The predicted molar refractivity (Wildman–Crippen MR) is 86.8 cm³/mol. The van der Waals surface area contributed by atoms with Crippen LogP contribution < -0.4 is 10.9 Å². The summed E-state index contributed by atoms with van der Waals surface area (Å²) in [7, 11) is 0. The quantitative estimate of drug-likeness (QED) is 0.850. The Morgan fingerprint density at radius 3 is 3.13 bits per heavy atom. The van der Waals surface area contributed by atoms with Crippen LogP contribution in [0.3, 0.4) is 0 Å². The minimum absolute atomic E-state index is 0.106. The number of carbonyl (C=O) groups excluding carboxylic acids is 1. The summed E-state index contributed by atoms with van der Waals surface area (Å²) in [5, 5.41) is 11.2. The summed E-state index contributed by atoms with van der Waals surface area (Å²) in [6.07, 6.45) is 4.58. The van der Waals surface area contributed by atoms with Crippen molar-refractivity contribution in [2.75, 3.05) is 6.54 Å². The average Bonchev–Trinajstić information content (AvgIpc) is 3.16. The van der Waals surface area contributed by atoms with Gasteiger partial charge in [0, 0.05) is 12.6 Å². The van der Waals surface area contributed by atoms with E-state index in [4.69, 9.17) is 0 Å². The van der Waals surface area contributed by atoms with Crippen LogP contribution in [-0.4, -0.2) is 31.8 Å². The summed E-state index contributed by atoms with van der Waals surface area (Å²) in [4.78, 5) is 24.7. The smallest absolute Gasteiger partial charge is 0.267 e. The van der Waals surface area contributed by atoms with Gasteiger partial charge in [0.1, 0.15) is 4.88 Å². The van der Waals surface area contributed by atoms with Gasteiger partial charge in [0.25, 0.3) is 11.5 Å². The first-order chi connectivity index (χ1) is 11.2. The van der Waals surface area contributed by atoms with Crippen LogP contribution in [0.15, 0.2) is 10.9 Å². The summed E-state index contributed by atoms with van der Waals surface area (Å²) in [6.45, 7) is 2.76. The van der Waals surface area contributed by atoms with E-state index in [-0.39, 0.29) is 11.5 Å². The molecule has 0 unspecified atom stereocenters. The van der Waals surface area contributed by atoms with Gasteiger partial charge in [-0.15, -0.1) is 5.10 Å². The van der Waals surface area contributed by atoms with Crippen LogP contribution in [0.5, 0.6) is 0 Å². The number of nitrogens with zero attached hydrogens (tertiary/aromatic N) is 4.